The molecule has 1 aliphatic rings. The lowest BCUT2D eigenvalue weighted by Crippen LogP contribution is -2.41. The highest BCUT2D eigenvalue weighted by atomic mass is 35.5. The summed E-state index contributed by atoms with van der Waals surface area (Å²) in [4.78, 5) is 0. The summed E-state index contributed by atoms with van der Waals surface area (Å²) in [5.41, 5.74) is 1.29. The van der Waals surface area contributed by atoms with Gasteiger partial charge in [0.05, 0.1) is 16.8 Å². The molecule has 1 unspecified atom stereocenters. The van der Waals surface area contributed by atoms with E-state index in [2.05, 4.69) is 5.32 Å². The summed E-state index contributed by atoms with van der Waals surface area (Å²) in [6.45, 7) is 1.85. The number of nitrogens with zero attached hydrogens (tertiary/aromatic N) is 2. The number of hydrogen-bond donors (Lipinski definition) is 1. The first-order valence-electron chi connectivity index (χ1n) is 6.79. The van der Waals surface area contributed by atoms with Crippen LogP contribution in [0.1, 0.15) is 18.4 Å². The number of nitriles is 1. The lowest BCUT2D eigenvalue weighted by molar-refractivity contribution is 0.277. The number of rotatable bonds is 4. The van der Waals surface area contributed by atoms with E-state index < -0.39 is 10.0 Å². The SMILES string of the molecule is CS(=O)(=O)N1CCCC(CNc2ccc(C#N)c(Cl)c2)C1. The zero-order valence-electron chi connectivity index (χ0n) is 11.8. The molecule has 1 heterocycles. The summed E-state index contributed by atoms with van der Waals surface area (Å²) in [5.74, 6) is 0.280. The van der Waals surface area contributed by atoms with Crippen LogP contribution in [0.15, 0.2) is 18.2 Å². The van der Waals surface area contributed by atoms with E-state index in [0.717, 1.165) is 18.5 Å². The predicted molar refractivity (Wildman–Crippen MR) is 83.8 cm³/mol. The molecule has 1 aliphatic heterocycles. The van der Waals surface area contributed by atoms with Crippen LogP contribution in [0.4, 0.5) is 5.69 Å². The first kappa shape index (κ1) is 16.1. The van der Waals surface area contributed by atoms with Gasteiger partial charge >= 0.3 is 0 Å². The summed E-state index contributed by atoms with van der Waals surface area (Å²) in [5, 5.41) is 12.5. The second-order valence-corrected chi connectivity index (χ2v) is 7.71. The van der Waals surface area contributed by atoms with Crippen molar-refractivity contribution in [2.75, 3.05) is 31.2 Å². The van der Waals surface area contributed by atoms with Crippen molar-refractivity contribution in [1.82, 2.24) is 4.31 Å². The average molecular weight is 328 g/mol. The van der Waals surface area contributed by atoms with Crippen LogP contribution in [-0.4, -0.2) is 38.6 Å². The molecule has 0 saturated carbocycles. The molecular formula is C14H18ClN3O2S. The fourth-order valence-electron chi connectivity index (χ4n) is 2.47. The van der Waals surface area contributed by atoms with Gasteiger partial charge in [-0.1, -0.05) is 11.6 Å². The predicted octanol–water partition coefficient (Wildman–Crippen LogP) is 2.30. The molecule has 0 aromatic heterocycles. The molecule has 1 N–H and O–H groups in total. The number of hydrogen-bond acceptors (Lipinski definition) is 4. The van der Waals surface area contributed by atoms with Crippen LogP contribution in [0.25, 0.3) is 0 Å². The van der Waals surface area contributed by atoms with Gasteiger partial charge in [-0.15, -0.1) is 0 Å². The normalized spacial score (nSPS) is 20.0. The van der Waals surface area contributed by atoms with Gasteiger partial charge in [-0.05, 0) is 37.0 Å². The van der Waals surface area contributed by atoms with Crippen molar-refractivity contribution in [2.24, 2.45) is 5.92 Å². The summed E-state index contributed by atoms with van der Waals surface area (Å²) in [6.07, 6.45) is 3.14. The van der Waals surface area contributed by atoms with E-state index in [1.54, 1.807) is 12.1 Å². The molecule has 2 rings (SSSR count). The van der Waals surface area contributed by atoms with Gasteiger partial charge < -0.3 is 5.32 Å². The van der Waals surface area contributed by atoms with E-state index in [1.807, 2.05) is 12.1 Å². The summed E-state index contributed by atoms with van der Waals surface area (Å²) < 4.78 is 24.7. The Labute approximate surface area is 130 Å². The molecule has 0 spiro atoms. The Bertz CT molecular complexity index is 655. The molecule has 1 saturated heterocycles. The largest absolute Gasteiger partial charge is 0.385 e. The lowest BCUT2D eigenvalue weighted by atomic mass is 9.99. The second-order valence-electron chi connectivity index (χ2n) is 5.32. The Kier molecular flexibility index (Phi) is 5.09. The van der Waals surface area contributed by atoms with Crippen molar-refractivity contribution >= 4 is 27.3 Å². The number of benzene rings is 1. The van der Waals surface area contributed by atoms with E-state index in [9.17, 15) is 8.42 Å². The topological polar surface area (TPSA) is 73.2 Å². The number of piperidine rings is 1. The van der Waals surface area contributed by atoms with Crippen molar-refractivity contribution in [2.45, 2.75) is 12.8 Å². The monoisotopic (exact) mass is 327 g/mol. The van der Waals surface area contributed by atoms with Gasteiger partial charge in [0, 0.05) is 25.3 Å². The van der Waals surface area contributed by atoms with Gasteiger partial charge in [0.25, 0.3) is 0 Å². The highest BCUT2D eigenvalue weighted by molar-refractivity contribution is 7.88. The minimum atomic E-state index is -3.11. The van der Waals surface area contributed by atoms with E-state index in [0.29, 0.717) is 30.2 Å². The maximum Gasteiger partial charge on any atom is 0.211 e. The minimum Gasteiger partial charge on any atom is -0.385 e. The zero-order chi connectivity index (χ0) is 15.5. The zero-order valence-corrected chi connectivity index (χ0v) is 13.4. The summed E-state index contributed by atoms with van der Waals surface area (Å²) >= 11 is 5.98. The Morgan fingerprint density at radius 1 is 1.52 bits per heavy atom. The van der Waals surface area contributed by atoms with Gasteiger partial charge in [-0.3, -0.25) is 0 Å². The Hall–Kier alpha value is -1.29. The van der Waals surface area contributed by atoms with Crippen molar-refractivity contribution in [3.05, 3.63) is 28.8 Å². The number of sulfonamides is 1. The van der Waals surface area contributed by atoms with Crippen molar-refractivity contribution in [3.63, 3.8) is 0 Å². The molecule has 5 nitrogen and oxygen atoms in total. The molecule has 0 aliphatic carbocycles. The molecule has 1 atom stereocenters. The van der Waals surface area contributed by atoms with Crippen molar-refractivity contribution < 1.29 is 8.42 Å². The standard InChI is InChI=1S/C14H18ClN3O2S/c1-21(19,20)18-6-2-3-11(10-18)9-17-13-5-4-12(8-16)14(15)7-13/h4-5,7,11,17H,2-3,6,9-10H2,1H3. The van der Waals surface area contributed by atoms with E-state index in [1.165, 1.54) is 10.6 Å². The van der Waals surface area contributed by atoms with Crippen molar-refractivity contribution in [1.29, 1.82) is 5.26 Å². The second kappa shape index (κ2) is 6.65. The Morgan fingerprint density at radius 3 is 2.90 bits per heavy atom. The van der Waals surface area contributed by atoms with Crippen LogP contribution in [0.3, 0.4) is 0 Å². The van der Waals surface area contributed by atoms with Gasteiger partial charge in [0.15, 0.2) is 0 Å². The van der Waals surface area contributed by atoms with Crippen LogP contribution >= 0.6 is 11.6 Å². The fourth-order valence-corrected chi connectivity index (χ4v) is 3.64. The summed E-state index contributed by atoms with van der Waals surface area (Å²) in [6, 6.07) is 7.22. The Morgan fingerprint density at radius 2 is 2.29 bits per heavy atom. The molecule has 0 bridgehead atoms. The van der Waals surface area contributed by atoms with Gasteiger partial charge in [-0.2, -0.15) is 5.26 Å². The van der Waals surface area contributed by atoms with Gasteiger partial charge in [0.2, 0.25) is 10.0 Å². The first-order chi connectivity index (χ1) is 9.90. The minimum absolute atomic E-state index is 0.280. The lowest BCUT2D eigenvalue weighted by Gasteiger charge is -2.31. The Balaban J connectivity index is 1.94. The van der Waals surface area contributed by atoms with Gasteiger partial charge in [0.1, 0.15) is 6.07 Å². The molecule has 1 aromatic carbocycles. The molecule has 114 valence electrons. The molecule has 7 heteroatoms. The van der Waals surface area contributed by atoms with Crippen molar-refractivity contribution in [3.8, 4) is 6.07 Å². The quantitative estimate of drug-likeness (QED) is 0.921. The molecule has 1 aromatic rings. The molecule has 0 radical (unpaired) electrons. The van der Waals surface area contributed by atoms with Crippen LogP contribution in [0.2, 0.25) is 5.02 Å². The van der Waals surface area contributed by atoms with Crippen LogP contribution < -0.4 is 5.32 Å². The maximum atomic E-state index is 11.6. The third-order valence-corrected chi connectivity index (χ3v) is 5.22. The van der Waals surface area contributed by atoms with E-state index in [-0.39, 0.29) is 5.92 Å². The van der Waals surface area contributed by atoms with Crippen LogP contribution in [0, 0.1) is 17.2 Å². The molecule has 0 amide bonds. The highest BCUT2D eigenvalue weighted by Crippen LogP contribution is 2.22. The molecule has 21 heavy (non-hydrogen) atoms. The first-order valence-corrected chi connectivity index (χ1v) is 9.01. The fraction of sp³-hybridized carbons (Fsp3) is 0.500. The third-order valence-electron chi connectivity index (χ3n) is 3.64. The molecular weight excluding hydrogens is 310 g/mol. The number of anilines is 1. The third kappa shape index (κ3) is 4.34. The van der Waals surface area contributed by atoms with Crippen LogP contribution in [-0.2, 0) is 10.0 Å². The molecule has 1 fully saturated rings. The van der Waals surface area contributed by atoms with Gasteiger partial charge in [-0.25, -0.2) is 12.7 Å². The number of nitrogens with one attached hydrogen (secondary N) is 1. The van der Waals surface area contributed by atoms with E-state index in [4.69, 9.17) is 16.9 Å². The van der Waals surface area contributed by atoms with Crippen LogP contribution in [0.5, 0.6) is 0 Å². The average Bonchev–Trinajstić information content (AvgIpc) is 2.45. The highest BCUT2D eigenvalue weighted by Gasteiger charge is 2.25. The number of halogens is 1. The smallest absolute Gasteiger partial charge is 0.211 e. The summed E-state index contributed by atoms with van der Waals surface area (Å²) in [7, 11) is -3.11. The maximum absolute atomic E-state index is 11.6. The van der Waals surface area contributed by atoms with E-state index >= 15 is 0 Å².